The van der Waals surface area contributed by atoms with Gasteiger partial charge in [0.2, 0.25) is 5.91 Å². The molecule has 0 aliphatic carbocycles. The summed E-state index contributed by atoms with van der Waals surface area (Å²) >= 11 is 0. The average Bonchev–Trinajstić information content (AvgIpc) is 3.21. The molecule has 4 heterocycles. The molecule has 2 fully saturated rings. The molecule has 0 N–H and O–H groups in total. The van der Waals surface area contributed by atoms with Crippen molar-refractivity contribution >= 4 is 11.8 Å². The SMILES string of the molecule is Cc1cnc(CN2C[C@]3(CCCN(C(=O)c4ccon4)C3)CCC2=O)cn1. The quantitative estimate of drug-likeness (QED) is 0.819. The second-order valence-corrected chi connectivity index (χ2v) is 7.61. The van der Waals surface area contributed by atoms with Crippen molar-refractivity contribution in [2.75, 3.05) is 19.6 Å². The molecule has 0 bridgehead atoms. The summed E-state index contributed by atoms with van der Waals surface area (Å²) < 4.78 is 4.81. The van der Waals surface area contributed by atoms with Gasteiger partial charge in [-0.25, -0.2) is 0 Å². The van der Waals surface area contributed by atoms with Gasteiger partial charge in [0.15, 0.2) is 5.69 Å². The summed E-state index contributed by atoms with van der Waals surface area (Å²) in [7, 11) is 0. The number of aryl methyl sites for hydroxylation is 1. The highest BCUT2D eigenvalue weighted by Gasteiger charge is 2.43. The molecule has 0 aromatic carbocycles. The molecule has 8 heteroatoms. The highest BCUT2D eigenvalue weighted by atomic mass is 16.5. The van der Waals surface area contributed by atoms with Crippen molar-refractivity contribution in [1.29, 1.82) is 0 Å². The number of rotatable bonds is 3. The summed E-state index contributed by atoms with van der Waals surface area (Å²) in [6, 6.07) is 1.59. The molecular weight excluding hydrogens is 346 g/mol. The monoisotopic (exact) mass is 369 g/mol. The second-order valence-electron chi connectivity index (χ2n) is 7.61. The van der Waals surface area contributed by atoms with Crippen LogP contribution in [0.1, 0.15) is 47.6 Å². The molecule has 2 saturated heterocycles. The van der Waals surface area contributed by atoms with Gasteiger partial charge in [-0.1, -0.05) is 5.16 Å². The van der Waals surface area contributed by atoms with Gasteiger partial charge in [-0.2, -0.15) is 0 Å². The fourth-order valence-corrected chi connectivity index (χ4v) is 4.14. The van der Waals surface area contributed by atoms with Crippen LogP contribution in [0.3, 0.4) is 0 Å². The van der Waals surface area contributed by atoms with Crippen LogP contribution in [0.15, 0.2) is 29.2 Å². The molecule has 142 valence electrons. The number of aromatic nitrogens is 3. The fourth-order valence-electron chi connectivity index (χ4n) is 4.14. The van der Waals surface area contributed by atoms with Gasteiger partial charge in [0.1, 0.15) is 6.26 Å². The van der Waals surface area contributed by atoms with Crippen LogP contribution >= 0.6 is 0 Å². The third-order valence-corrected chi connectivity index (χ3v) is 5.54. The van der Waals surface area contributed by atoms with E-state index in [2.05, 4.69) is 15.1 Å². The zero-order valence-corrected chi connectivity index (χ0v) is 15.4. The van der Waals surface area contributed by atoms with E-state index < -0.39 is 0 Å². The minimum Gasteiger partial charge on any atom is -0.364 e. The number of amides is 2. The highest BCUT2D eigenvalue weighted by molar-refractivity contribution is 5.92. The first-order chi connectivity index (χ1) is 13.0. The summed E-state index contributed by atoms with van der Waals surface area (Å²) in [5.74, 6) is 0.0404. The van der Waals surface area contributed by atoms with Gasteiger partial charge in [0.25, 0.3) is 5.91 Å². The minimum absolute atomic E-state index is 0.0658. The summed E-state index contributed by atoms with van der Waals surface area (Å²) in [5.41, 5.74) is 1.92. The lowest BCUT2D eigenvalue weighted by Crippen LogP contribution is -2.54. The number of piperidine rings is 2. The third-order valence-electron chi connectivity index (χ3n) is 5.54. The molecule has 2 aliphatic rings. The molecular formula is C19H23N5O3. The maximum Gasteiger partial charge on any atom is 0.276 e. The van der Waals surface area contributed by atoms with Crippen LogP contribution < -0.4 is 0 Å². The van der Waals surface area contributed by atoms with E-state index in [4.69, 9.17) is 4.52 Å². The van der Waals surface area contributed by atoms with Gasteiger partial charge in [-0.3, -0.25) is 19.6 Å². The number of nitrogens with zero attached hydrogens (tertiary/aromatic N) is 5. The van der Waals surface area contributed by atoms with Crippen LogP contribution in [0.25, 0.3) is 0 Å². The van der Waals surface area contributed by atoms with Gasteiger partial charge in [-0.05, 0) is 26.2 Å². The van der Waals surface area contributed by atoms with E-state index in [1.54, 1.807) is 18.5 Å². The molecule has 0 radical (unpaired) electrons. The first kappa shape index (κ1) is 17.6. The van der Waals surface area contributed by atoms with Gasteiger partial charge >= 0.3 is 0 Å². The lowest BCUT2D eigenvalue weighted by Gasteiger charge is -2.48. The Hall–Kier alpha value is -2.77. The summed E-state index contributed by atoms with van der Waals surface area (Å²) in [5, 5.41) is 3.77. The van der Waals surface area contributed by atoms with Crippen molar-refractivity contribution in [1.82, 2.24) is 24.9 Å². The fraction of sp³-hybridized carbons (Fsp3) is 0.526. The van der Waals surface area contributed by atoms with Crippen LogP contribution in [-0.2, 0) is 11.3 Å². The van der Waals surface area contributed by atoms with Crippen LogP contribution in [0.5, 0.6) is 0 Å². The summed E-state index contributed by atoms with van der Waals surface area (Å²) in [4.78, 5) is 37.5. The van der Waals surface area contributed by atoms with Crippen LogP contribution in [0.4, 0.5) is 0 Å². The average molecular weight is 369 g/mol. The Kier molecular flexibility index (Phi) is 4.63. The van der Waals surface area contributed by atoms with E-state index in [9.17, 15) is 9.59 Å². The minimum atomic E-state index is -0.101. The molecule has 2 aromatic rings. The Bertz CT molecular complexity index is 820. The molecule has 0 saturated carbocycles. The molecule has 8 nitrogen and oxygen atoms in total. The zero-order valence-electron chi connectivity index (χ0n) is 15.4. The van der Waals surface area contributed by atoms with E-state index in [0.29, 0.717) is 38.3 Å². The lowest BCUT2D eigenvalue weighted by molar-refractivity contribution is -0.139. The second kappa shape index (κ2) is 7.09. The van der Waals surface area contributed by atoms with E-state index in [1.165, 1.54) is 6.26 Å². The number of hydrogen-bond acceptors (Lipinski definition) is 6. The van der Waals surface area contributed by atoms with Gasteiger partial charge in [0, 0.05) is 43.7 Å². The third kappa shape index (κ3) is 3.70. The van der Waals surface area contributed by atoms with E-state index in [0.717, 1.165) is 30.7 Å². The molecule has 1 spiro atoms. The zero-order chi connectivity index (χ0) is 18.9. The highest BCUT2D eigenvalue weighted by Crippen LogP contribution is 2.39. The van der Waals surface area contributed by atoms with Crippen LogP contribution in [0.2, 0.25) is 0 Å². The van der Waals surface area contributed by atoms with Crippen molar-refractivity contribution in [3.8, 4) is 0 Å². The Morgan fingerprint density at radius 2 is 2.15 bits per heavy atom. The maximum atomic E-state index is 12.7. The van der Waals surface area contributed by atoms with E-state index >= 15 is 0 Å². The summed E-state index contributed by atoms with van der Waals surface area (Å²) in [6.07, 6.45) is 8.12. The first-order valence-corrected chi connectivity index (χ1v) is 9.30. The van der Waals surface area contributed by atoms with Gasteiger partial charge < -0.3 is 14.3 Å². The predicted octanol–water partition coefficient (Wildman–Crippen LogP) is 1.82. The van der Waals surface area contributed by atoms with Gasteiger partial charge in [-0.15, -0.1) is 0 Å². The largest absolute Gasteiger partial charge is 0.364 e. The summed E-state index contributed by atoms with van der Waals surface area (Å²) in [6.45, 7) is 4.35. The number of hydrogen-bond donors (Lipinski definition) is 0. The molecule has 27 heavy (non-hydrogen) atoms. The molecule has 0 unspecified atom stereocenters. The van der Waals surface area contributed by atoms with Crippen molar-refractivity contribution < 1.29 is 14.1 Å². The maximum absolute atomic E-state index is 12.7. The van der Waals surface area contributed by atoms with Gasteiger partial charge in [0.05, 0.1) is 24.1 Å². The van der Waals surface area contributed by atoms with Crippen molar-refractivity contribution in [2.24, 2.45) is 5.41 Å². The number of carbonyl (C=O) groups excluding carboxylic acids is 2. The van der Waals surface area contributed by atoms with Crippen LogP contribution in [-0.4, -0.2) is 56.4 Å². The predicted molar refractivity (Wildman–Crippen MR) is 95.5 cm³/mol. The molecule has 2 amide bonds. The molecule has 2 aromatic heterocycles. The van der Waals surface area contributed by atoms with E-state index in [-0.39, 0.29) is 17.2 Å². The normalized spacial score (nSPS) is 23.1. The molecule has 1 atom stereocenters. The van der Waals surface area contributed by atoms with Crippen molar-refractivity contribution in [3.63, 3.8) is 0 Å². The smallest absolute Gasteiger partial charge is 0.276 e. The Morgan fingerprint density at radius 3 is 2.89 bits per heavy atom. The van der Waals surface area contributed by atoms with Crippen molar-refractivity contribution in [2.45, 2.75) is 39.2 Å². The molecule has 4 rings (SSSR count). The standard InChI is InChI=1S/C19H23N5O3/c1-14-9-21-15(10-20-14)11-24-13-19(6-3-17(24)25)5-2-7-23(12-19)18(26)16-4-8-27-22-16/h4,8-10H,2-3,5-7,11-13H2,1H3/t19-/m1/s1. The van der Waals surface area contributed by atoms with Crippen molar-refractivity contribution in [3.05, 3.63) is 41.8 Å². The number of likely N-dealkylation sites (tertiary alicyclic amines) is 2. The Labute approximate surface area is 157 Å². The topological polar surface area (TPSA) is 92.4 Å². The Balaban J connectivity index is 1.47. The lowest BCUT2D eigenvalue weighted by atomic mass is 9.73. The van der Waals surface area contributed by atoms with E-state index in [1.807, 2.05) is 16.7 Å². The Morgan fingerprint density at radius 1 is 1.26 bits per heavy atom. The number of carbonyl (C=O) groups is 2. The van der Waals surface area contributed by atoms with Crippen LogP contribution in [0, 0.1) is 12.3 Å². The first-order valence-electron chi connectivity index (χ1n) is 9.30. The molecule has 2 aliphatic heterocycles.